The highest BCUT2D eigenvalue weighted by atomic mass is 15.3. The smallest absolute Gasteiger partial charge is 0.0662 e. The molecule has 0 bridgehead atoms. The summed E-state index contributed by atoms with van der Waals surface area (Å²) in [4.78, 5) is 0. The number of hydrazine groups is 1. The SMILES string of the molecule is Cn1nccc1C(NN)C1C2CCCC21. The zero-order valence-electron chi connectivity index (χ0n) is 9.06. The lowest BCUT2D eigenvalue weighted by Crippen LogP contribution is -2.32. The lowest BCUT2D eigenvalue weighted by Gasteiger charge is -2.17. The Balaban J connectivity index is 1.81. The molecule has 4 nitrogen and oxygen atoms in total. The standard InChI is InChI=1S/C11H18N4/c1-15-9(5-6-13-15)11(14-12)10-7-3-2-4-8(7)10/h5-8,10-11,14H,2-4,12H2,1H3. The molecule has 3 unspecified atom stereocenters. The second kappa shape index (κ2) is 3.32. The van der Waals surface area contributed by atoms with Crippen LogP contribution in [0.4, 0.5) is 0 Å². The Hall–Kier alpha value is -0.870. The zero-order valence-corrected chi connectivity index (χ0v) is 9.06. The topological polar surface area (TPSA) is 55.9 Å². The Bertz CT molecular complexity index is 349. The average molecular weight is 206 g/mol. The molecule has 1 heterocycles. The van der Waals surface area contributed by atoms with Crippen molar-refractivity contribution in [3.8, 4) is 0 Å². The Kier molecular flexibility index (Phi) is 2.07. The molecule has 0 amide bonds. The van der Waals surface area contributed by atoms with Crippen LogP contribution in [0.3, 0.4) is 0 Å². The van der Waals surface area contributed by atoms with Crippen LogP contribution in [-0.4, -0.2) is 9.78 Å². The maximum absolute atomic E-state index is 5.69. The number of nitrogens with one attached hydrogen (secondary N) is 1. The summed E-state index contributed by atoms with van der Waals surface area (Å²) in [6, 6.07) is 2.37. The first-order chi connectivity index (χ1) is 7.33. The van der Waals surface area contributed by atoms with Gasteiger partial charge in [0, 0.05) is 13.2 Å². The first-order valence-corrected chi connectivity index (χ1v) is 5.77. The van der Waals surface area contributed by atoms with Crippen LogP contribution in [0.15, 0.2) is 12.3 Å². The van der Waals surface area contributed by atoms with E-state index in [9.17, 15) is 0 Å². The molecule has 3 N–H and O–H groups in total. The summed E-state index contributed by atoms with van der Waals surface area (Å²) in [7, 11) is 1.98. The number of hydrogen-bond donors (Lipinski definition) is 2. The van der Waals surface area contributed by atoms with Crippen LogP contribution in [0.25, 0.3) is 0 Å². The van der Waals surface area contributed by atoms with Gasteiger partial charge in [-0.25, -0.2) is 0 Å². The molecule has 0 radical (unpaired) electrons. The second-order valence-corrected chi connectivity index (χ2v) is 4.86. The highest BCUT2D eigenvalue weighted by molar-refractivity contribution is 5.16. The van der Waals surface area contributed by atoms with Gasteiger partial charge >= 0.3 is 0 Å². The van der Waals surface area contributed by atoms with Gasteiger partial charge in [-0.15, -0.1) is 0 Å². The molecule has 3 rings (SSSR count). The maximum atomic E-state index is 5.69. The van der Waals surface area contributed by atoms with E-state index in [0.717, 1.165) is 17.8 Å². The predicted octanol–water partition coefficient (Wildman–Crippen LogP) is 0.971. The van der Waals surface area contributed by atoms with Crippen LogP contribution in [0.5, 0.6) is 0 Å². The molecule has 1 aromatic rings. The summed E-state index contributed by atoms with van der Waals surface area (Å²) < 4.78 is 1.93. The van der Waals surface area contributed by atoms with Crippen molar-refractivity contribution in [2.24, 2.45) is 30.6 Å². The van der Waals surface area contributed by atoms with Crippen molar-refractivity contribution in [1.82, 2.24) is 15.2 Å². The molecule has 2 fully saturated rings. The molecule has 82 valence electrons. The van der Waals surface area contributed by atoms with E-state index in [0.29, 0.717) is 6.04 Å². The maximum Gasteiger partial charge on any atom is 0.0662 e. The summed E-state index contributed by atoms with van der Waals surface area (Å²) in [5.41, 5.74) is 4.19. The minimum atomic E-state index is 0.299. The molecule has 2 aliphatic carbocycles. The van der Waals surface area contributed by atoms with Crippen molar-refractivity contribution in [3.05, 3.63) is 18.0 Å². The Morgan fingerprint density at radius 1 is 1.53 bits per heavy atom. The normalized spacial score (nSPS) is 35.2. The first-order valence-electron chi connectivity index (χ1n) is 5.77. The zero-order chi connectivity index (χ0) is 10.4. The number of hydrogen-bond acceptors (Lipinski definition) is 3. The summed E-state index contributed by atoms with van der Waals surface area (Å²) in [6.07, 6.45) is 6.04. The highest BCUT2D eigenvalue weighted by Gasteiger charge is 2.56. The van der Waals surface area contributed by atoms with Crippen LogP contribution in [0, 0.1) is 17.8 Å². The van der Waals surface area contributed by atoms with E-state index in [1.807, 2.05) is 17.9 Å². The van der Waals surface area contributed by atoms with Crippen molar-refractivity contribution >= 4 is 0 Å². The Morgan fingerprint density at radius 3 is 2.80 bits per heavy atom. The fourth-order valence-corrected chi connectivity index (χ4v) is 3.45. The third-order valence-corrected chi connectivity index (χ3v) is 4.21. The van der Waals surface area contributed by atoms with Gasteiger partial charge in [0.2, 0.25) is 0 Å². The minimum Gasteiger partial charge on any atom is -0.271 e. The van der Waals surface area contributed by atoms with E-state index >= 15 is 0 Å². The molecule has 2 saturated carbocycles. The Labute approximate surface area is 89.8 Å². The molecule has 4 heteroatoms. The van der Waals surface area contributed by atoms with Crippen molar-refractivity contribution in [3.63, 3.8) is 0 Å². The summed E-state index contributed by atoms with van der Waals surface area (Å²) in [5.74, 6) is 8.27. The molecule has 2 aliphatic rings. The molecular formula is C11H18N4. The lowest BCUT2D eigenvalue weighted by atomic mass is 10.0. The number of aryl methyl sites for hydroxylation is 1. The summed E-state index contributed by atoms with van der Waals surface area (Å²) in [5, 5.41) is 4.21. The van der Waals surface area contributed by atoms with Gasteiger partial charge in [-0.1, -0.05) is 6.42 Å². The van der Waals surface area contributed by atoms with E-state index < -0.39 is 0 Å². The van der Waals surface area contributed by atoms with Gasteiger partial charge in [0.25, 0.3) is 0 Å². The van der Waals surface area contributed by atoms with Crippen molar-refractivity contribution < 1.29 is 0 Å². The number of rotatable bonds is 3. The fourth-order valence-electron chi connectivity index (χ4n) is 3.45. The quantitative estimate of drug-likeness (QED) is 0.572. The fraction of sp³-hybridized carbons (Fsp3) is 0.727. The van der Waals surface area contributed by atoms with E-state index in [4.69, 9.17) is 5.84 Å². The highest BCUT2D eigenvalue weighted by Crippen LogP contribution is 2.61. The van der Waals surface area contributed by atoms with Crippen LogP contribution in [0.2, 0.25) is 0 Å². The molecule has 0 aromatic carbocycles. The first kappa shape index (κ1) is 9.36. The summed E-state index contributed by atoms with van der Waals surface area (Å²) in [6.45, 7) is 0. The van der Waals surface area contributed by atoms with Crippen LogP contribution in [-0.2, 0) is 7.05 Å². The van der Waals surface area contributed by atoms with Crippen molar-refractivity contribution in [1.29, 1.82) is 0 Å². The van der Waals surface area contributed by atoms with E-state index in [2.05, 4.69) is 16.6 Å². The van der Waals surface area contributed by atoms with Gasteiger partial charge in [0.05, 0.1) is 11.7 Å². The van der Waals surface area contributed by atoms with Crippen LogP contribution >= 0.6 is 0 Å². The average Bonchev–Trinajstić information content (AvgIpc) is 2.66. The Morgan fingerprint density at radius 2 is 2.27 bits per heavy atom. The monoisotopic (exact) mass is 206 g/mol. The molecule has 0 aliphatic heterocycles. The van der Waals surface area contributed by atoms with Crippen molar-refractivity contribution in [2.75, 3.05) is 0 Å². The molecule has 0 saturated heterocycles. The summed E-state index contributed by atoms with van der Waals surface area (Å²) >= 11 is 0. The number of aromatic nitrogens is 2. The molecule has 0 spiro atoms. The minimum absolute atomic E-state index is 0.299. The second-order valence-electron chi connectivity index (χ2n) is 4.86. The third-order valence-electron chi connectivity index (χ3n) is 4.21. The van der Waals surface area contributed by atoms with Gasteiger partial charge in [-0.05, 0) is 36.7 Å². The van der Waals surface area contributed by atoms with E-state index in [1.165, 1.54) is 25.0 Å². The lowest BCUT2D eigenvalue weighted by molar-refractivity contribution is 0.404. The van der Waals surface area contributed by atoms with Crippen molar-refractivity contribution in [2.45, 2.75) is 25.3 Å². The number of nitrogens with zero attached hydrogens (tertiary/aromatic N) is 2. The largest absolute Gasteiger partial charge is 0.271 e. The number of nitrogens with two attached hydrogens (primary N) is 1. The van der Waals surface area contributed by atoms with E-state index in [1.54, 1.807) is 0 Å². The predicted molar refractivity (Wildman–Crippen MR) is 57.6 cm³/mol. The molecule has 1 aromatic heterocycles. The molecular weight excluding hydrogens is 188 g/mol. The van der Waals surface area contributed by atoms with Gasteiger partial charge in [0.15, 0.2) is 0 Å². The number of fused-ring (bicyclic) bond motifs is 1. The van der Waals surface area contributed by atoms with Gasteiger partial charge < -0.3 is 0 Å². The van der Waals surface area contributed by atoms with Gasteiger partial charge in [0.1, 0.15) is 0 Å². The van der Waals surface area contributed by atoms with Gasteiger partial charge in [-0.2, -0.15) is 5.10 Å². The molecule has 15 heavy (non-hydrogen) atoms. The molecule has 3 atom stereocenters. The third kappa shape index (κ3) is 1.32. The van der Waals surface area contributed by atoms with E-state index in [-0.39, 0.29) is 0 Å². The van der Waals surface area contributed by atoms with Crippen LogP contribution in [0.1, 0.15) is 31.0 Å². The van der Waals surface area contributed by atoms with Gasteiger partial charge in [-0.3, -0.25) is 16.0 Å². The van der Waals surface area contributed by atoms with Crippen LogP contribution < -0.4 is 11.3 Å².